The fraction of sp³-hybridized carbons (Fsp3) is 0.192. The second-order valence-corrected chi connectivity index (χ2v) is 7.50. The number of nitrogens with zero attached hydrogens (tertiary/aromatic N) is 1. The largest absolute Gasteiger partial charge is 0.497 e. The molecule has 31 heavy (non-hydrogen) atoms. The van der Waals surface area contributed by atoms with Crippen LogP contribution in [0.1, 0.15) is 23.1 Å². The van der Waals surface area contributed by atoms with E-state index in [1.165, 1.54) is 0 Å². The Morgan fingerprint density at radius 2 is 1.48 bits per heavy atom. The van der Waals surface area contributed by atoms with Gasteiger partial charge in [0.15, 0.2) is 5.60 Å². The van der Waals surface area contributed by atoms with E-state index in [-0.39, 0.29) is 5.91 Å². The van der Waals surface area contributed by atoms with Gasteiger partial charge >= 0.3 is 0 Å². The number of rotatable bonds is 7. The number of carbonyl (C=O) groups excluding carboxylic acids is 1. The van der Waals surface area contributed by atoms with Gasteiger partial charge in [-0.1, -0.05) is 48.5 Å². The molecule has 3 aromatic carbocycles. The third kappa shape index (κ3) is 3.37. The molecule has 0 saturated carbocycles. The molecule has 0 aliphatic carbocycles. The molecule has 0 radical (unpaired) electrons. The van der Waals surface area contributed by atoms with Crippen molar-refractivity contribution in [2.75, 3.05) is 19.1 Å². The summed E-state index contributed by atoms with van der Waals surface area (Å²) in [4.78, 5) is 15.1. The molecular weight excluding hydrogens is 390 g/mol. The van der Waals surface area contributed by atoms with Crippen molar-refractivity contribution < 1.29 is 19.4 Å². The standard InChI is InChI=1S/C26H25NO4/c1-4-23(18-8-6-5-7-9-18)26(29)24(19-10-14-21(30-2)15-11-19)27(25(26)28)20-12-16-22(31-3)17-13-20/h4-17,23-24,29H,1H2,2-3H3/t23-,24+,26-/m1/s1. The van der Waals surface area contributed by atoms with E-state index in [1.807, 2.05) is 66.7 Å². The summed E-state index contributed by atoms with van der Waals surface area (Å²) in [5, 5.41) is 11.8. The summed E-state index contributed by atoms with van der Waals surface area (Å²) in [6.45, 7) is 3.93. The maximum atomic E-state index is 13.5. The minimum Gasteiger partial charge on any atom is -0.497 e. The van der Waals surface area contributed by atoms with Crippen molar-refractivity contribution in [3.63, 3.8) is 0 Å². The molecule has 1 aliphatic rings. The van der Waals surface area contributed by atoms with Crippen LogP contribution in [0.3, 0.4) is 0 Å². The molecule has 0 unspecified atom stereocenters. The van der Waals surface area contributed by atoms with Crippen molar-refractivity contribution in [3.8, 4) is 11.5 Å². The number of aliphatic hydroxyl groups is 1. The number of amides is 1. The molecule has 1 amide bonds. The summed E-state index contributed by atoms with van der Waals surface area (Å²) in [5.74, 6) is 0.466. The first-order chi connectivity index (χ1) is 15.0. The number of ether oxygens (including phenoxy) is 2. The van der Waals surface area contributed by atoms with Crippen LogP contribution in [0.5, 0.6) is 11.5 Å². The highest BCUT2D eigenvalue weighted by atomic mass is 16.5. The SMILES string of the molecule is C=C[C@H](c1ccccc1)[C@]1(O)C(=O)N(c2ccc(OC)cc2)[C@H]1c1ccc(OC)cc1. The quantitative estimate of drug-likeness (QED) is 0.456. The molecule has 4 rings (SSSR count). The van der Waals surface area contributed by atoms with Gasteiger partial charge in [-0.2, -0.15) is 0 Å². The lowest BCUT2D eigenvalue weighted by Crippen LogP contribution is -2.71. The minimum atomic E-state index is -1.67. The van der Waals surface area contributed by atoms with Crippen LogP contribution in [0.4, 0.5) is 5.69 Å². The maximum Gasteiger partial charge on any atom is 0.263 e. The molecule has 0 spiro atoms. The second-order valence-electron chi connectivity index (χ2n) is 7.50. The zero-order valence-electron chi connectivity index (χ0n) is 17.6. The van der Waals surface area contributed by atoms with Crippen molar-refractivity contribution in [1.29, 1.82) is 0 Å². The van der Waals surface area contributed by atoms with Gasteiger partial charge in [0.2, 0.25) is 0 Å². The van der Waals surface area contributed by atoms with Gasteiger partial charge < -0.3 is 14.6 Å². The summed E-state index contributed by atoms with van der Waals surface area (Å²) in [6.07, 6.45) is 1.65. The van der Waals surface area contributed by atoms with Gasteiger partial charge in [-0.05, 0) is 47.5 Å². The molecule has 0 bridgehead atoms. The number of carbonyl (C=O) groups is 1. The summed E-state index contributed by atoms with van der Waals surface area (Å²) in [6, 6.07) is 23.5. The van der Waals surface area contributed by atoms with Gasteiger partial charge in [0.05, 0.1) is 14.2 Å². The van der Waals surface area contributed by atoms with Crippen molar-refractivity contribution >= 4 is 11.6 Å². The Morgan fingerprint density at radius 3 is 2.00 bits per heavy atom. The number of β-lactam (4-membered cyclic amide) rings is 1. The van der Waals surface area contributed by atoms with Crippen molar-refractivity contribution in [1.82, 2.24) is 0 Å². The molecule has 158 valence electrons. The Balaban J connectivity index is 1.81. The fourth-order valence-corrected chi connectivity index (χ4v) is 4.29. The van der Waals surface area contributed by atoms with Gasteiger partial charge in [0, 0.05) is 11.6 Å². The highest BCUT2D eigenvalue weighted by Crippen LogP contribution is 2.53. The van der Waals surface area contributed by atoms with E-state index in [4.69, 9.17) is 9.47 Å². The van der Waals surface area contributed by atoms with Crippen molar-refractivity contribution in [3.05, 3.63) is 103 Å². The lowest BCUT2D eigenvalue weighted by molar-refractivity contribution is -0.156. The number of hydrogen-bond donors (Lipinski definition) is 1. The minimum absolute atomic E-state index is 0.368. The number of hydrogen-bond acceptors (Lipinski definition) is 4. The summed E-state index contributed by atoms with van der Waals surface area (Å²) in [5.41, 5.74) is 0.660. The van der Waals surface area contributed by atoms with E-state index < -0.39 is 17.6 Å². The zero-order chi connectivity index (χ0) is 22.0. The summed E-state index contributed by atoms with van der Waals surface area (Å²) >= 11 is 0. The van der Waals surface area contributed by atoms with Crippen LogP contribution >= 0.6 is 0 Å². The predicted molar refractivity (Wildman–Crippen MR) is 121 cm³/mol. The molecule has 0 aromatic heterocycles. The molecule has 1 N–H and O–H groups in total. The molecule has 1 heterocycles. The van der Waals surface area contributed by atoms with E-state index in [0.29, 0.717) is 17.2 Å². The Hall–Kier alpha value is -3.57. The molecule has 1 fully saturated rings. The van der Waals surface area contributed by atoms with Crippen LogP contribution in [-0.2, 0) is 4.79 Å². The lowest BCUT2D eigenvalue weighted by Gasteiger charge is -2.55. The maximum absolute atomic E-state index is 13.5. The Kier molecular flexibility index (Phi) is 5.53. The average Bonchev–Trinajstić information content (AvgIpc) is 2.83. The number of methoxy groups -OCH3 is 2. The molecular formula is C26H25NO4. The van der Waals surface area contributed by atoms with Crippen molar-refractivity contribution in [2.45, 2.75) is 17.6 Å². The fourth-order valence-electron chi connectivity index (χ4n) is 4.29. The normalized spacial score (nSPS) is 21.2. The molecule has 1 saturated heterocycles. The van der Waals surface area contributed by atoms with Crippen LogP contribution in [0, 0.1) is 0 Å². The highest BCUT2D eigenvalue weighted by Gasteiger charge is 2.64. The van der Waals surface area contributed by atoms with Gasteiger partial charge in [-0.25, -0.2) is 0 Å². The van der Waals surface area contributed by atoms with Gasteiger partial charge in [0.25, 0.3) is 5.91 Å². The van der Waals surface area contributed by atoms with Crippen molar-refractivity contribution in [2.24, 2.45) is 0 Å². The topological polar surface area (TPSA) is 59.0 Å². The van der Waals surface area contributed by atoms with Crippen LogP contribution in [0.15, 0.2) is 91.5 Å². The number of anilines is 1. The summed E-state index contributed by atoms with van der Waals surface area (Å²) < 4.78 is 10.5. The number of benzene rings is 3. The Bertz CT molecular complexity index is 1060. The monoisotopic (exact) mass is 415 g/mol. The van der Waals surface area contributed by atoms with E-state index in [0.717, 1.165) is 11.1 Å². The molecule has 5 heteroatoms. The smallest absolute Gasteiger partial charge is 0.263 e. The highest BCUT2D eigenvalue weighted by molar-refractivity contribution is 6.09. The predicted octanol–water partition coefficient (Wildman–Crippen LogP) is 4.49. The van der Waals surface area contributed by atoms with Crippen LogP contribution in [-0.4, -0.2) is 30.8 Å². The zero-order valence-corrected chi connectivity index (χ0v) is 17.6. The van der Waals surface area contributed by atoms with Gasteiger partial charge in [-0.3, -0.25) is 9.69 Å². The third-order valence-electron chi connectivity index (χ3n) is 5.89. The third-order valence-corrected chi connectivity index (χ3v) is 5.89. The lowest BCUT2D eigenvalue weighted by atomic mass is 9.67. The van der Waals surface area contributed by atoms with Crippen LogP contribution in [0.2, 0.25) is 0 Å². The van der Waals surface area contributed by atoms with E-state index in [9.17, 15) is 9.90 Å². The molecule has 1 aliphatic heterocycles. The molecule has 3 atom stereocenters. The Morgan fingerprint density at radius 1 is 0.935 bits per heavy atom. The first-order valence-corrected chi connectivity index (χ1v) is 10.1. The van der Waals surface area contributed by atoms with E-state index in [2.05, 4.69) is 6.58 Å². The van der Waals surface area contributed by atoms with Gasteiger partial charge in [0.1, 0.15) is 17.5 Å². The van der Waals surface area contributed by atoms with Crippen LogP contribution in [0.25, 0.3) is 0 Å². The molecule has 3 aromatic rings. The van der Waals surface area contributed by atoms with Crippen LogP contribution < -0.4 is 14.4 Å². The first kappa shape index (κ1) is 20.7. The first-order valence-electron chi connectivity index (χ1n) is 10.1. The second kappa shape index (κ2) is 8.28. The average molecular weight is 415 g/mol. The van der Waals surface area contributed by atoms with Gasteiger partial charge in [-0.15, -0.1) is 6.58 Å². The Labute approximate surface area is 182 Å². The molecule has 5 nitrogen and oxygen atoms in total. The summed E-state index contributed by atoms with van der Waals surface area (Å²) in [7, 11) is 3.20. The van der Waals surface area contributed by atoms with E-state index in [1.54, 1.807) is 37.3 Å². The van der Waals surface area contributed by atoms with E-state index >= 15 is 0 Å².